The Morgan fingerprint density at radius 1 is 0.879 bits per heavy atom. The quantitative estimate of drug-likeness (QED) is 0.549. The van der Waals surface area contributed by atoms with Gasteiger partial charge in [-0.15, -0.1) is 0 Å². The highest BCUT2D eigenvalue weighted by atomic mass is 19.1. The number of rotatable bonds is 5. The van der Waals surface area contributed by atoms with E-state index >= 15 is 0 Å². The number of nitrogens with zero attached hydrogens (tertiary/aromatic N) is 1. The molecule has 168 valence electrons. The minimum atomic E-state index is -0.594. The predicted octanol–water partition coefficient (Wildman–Crippen LogP) is 4.18. The number of nitrogens with one attached hydrogen (secondary N) is 3. The van der Waals surface area contributed by atoms with E-state index in [2.05, 4.69) is 16.0 Å². The predicted molar refractivity (Wildman–Crippen MR) is 125 cm³/mol. The van der Waals surface area contributed by atoms with Gasteiger partial charge in [-0.25, -0.2) is 9.18 Å². The number of amides is 4. The van der Waals surface area contributed by atoms with Gasteiger partial charge in [-0.3, -0.25) is 14.9 Å². The summed E-state index contributed by atoms with van der Waals surface area (Å²) in [5.74, 6) is -1.18. The van der Waals surface area contributed by atoms with Crippen LogP contribution in [-0.2, 0) is 11.2 Å². The number of carbonyl (C=O) groups is 3. The number of urea groups is 1. The number of para-hydroxylation sites is 1. The fraction of sp³-hybridized carbons (Fsp3) is 0.160. The summed E-state index contributed by atoms with van der Waals surface area (Å²) >= 11 is 0. The lowest BCUT2D eigenvalue weighted by Gasteiger charge is -2.32. The zero-order valence-electron chi connectivity index (χ0n) is 17.8. The molecule has 33 heavy (non-hydrogen) atoms. The van der Waals surface area contributed by atoms with Gasteiger partial charge >= 0.3 is 6.03 Å². The van der Waals surface area contributed by atoms with Crippen LogP contribution in [0, 0.1) is 5.82 Å². The first kappa shape index (κ1) is 22.0. The summed E-state index contributed by atoms with van der Waals surface area (Å²) in [4.78, 5) is 39.1. The van der Waals surface area contributed by atoms with E-state index in [1.807, 2.05) is 17.0 Å². The van der Waals surface area contributed by atoms with Crippen molar-refractivity contribution in [3.05, 3.63) is 89.7 Å². The van der Waals surface area contributed by atoms with E-state index in [1.165, 1.54) is 24.3 Å². The van der Waals surface area contributed by atoms with Gasteiger partial charge in [0.2, 0.25) is 5.91 Å². The standard InChI is InChI=1S/C25H23FN4O3/c26-18-13-11-17(12-14-18)24(32)28-21-9-4-10-22-20(21)8-5-15-30(22)16-23(31)29-25(33)27-19-6-2-1-3-7-19/h1-4,6-7,9-14H,5,8,15-16H2,(H,28,32)(H2,27,29,31,33). The lowest BCUT2D eigenvalue weighted by atomic mass is 9.99. The molecule has 1 heterocycles. The van der Waals surface area contributed by atoms with Gasteiger partial charge < -0.3 is 15.5 Å². The Hall–Kier alpha value is -4.20. The van der Waals surface area contributed by atoms with E-state index < -0.39 is 17.8 Å². The first-order chi connectivity index (χ1) is 16.0. The lowest BCUT2D eigenvalue weighted by Crippen LogP contribution is -2.43. The third-order valence-corrected chi connectivity index (χ3v) is 5.32. The molecule has 4 rings (SSSR count). The van der Waals surface area contributed by atoms with Gasteiger partial charge in [0.1, 0.15) is 5.82 Å². The second-order valence-corrected chi connectivity index (χ2v) is 7.66. The van der Waals surface area contributed by atoms with Crippen molar-refractivity contribution in [2.45, 2.75) is 12.8 Å². The fourth-order valence-corrected chi connectivity index (χ4v) is 3.80. The molecule has 3 aromatic carbocycles. The van der Waals surface area contributed by atoms with Crippen LogP contribution in [0.2, 0.25) is 0 Å². The van der Waals surface area contributed by atoms with Crippen molar-refractivity contribution >= 4 is 34.9 Å². The third kappa shape index (κ3) is 5.54. The maximum atomic E-state index is 13.1. The van der Waals surface area contributed by atoms with Crippen LogP contribution >= 0.6 is 0 Å². The summed E-state index contributed by atoms with van der Waals surface area (Å²) in [5, 5.41) is 7.85. The summed E-state index contributed by atoms with van der Waals surface area (Å²) < 4.78 is 13.1. The fourth-order valence-electron chi connectivity index (χ4n) is 3.80. The molecule has 0 atom stereocenters. The first-order valence-corrected chi connectivity index (χ1v) is 10.6. The van der Waals surface area contributed by atoms with E-state index in [0.29, 0.717) is 23.5 Å². The molecule has 1 aliphatic rings. The summed E-state index contributed by atoms with van der Waals surface area (Å²) in [6, 6.07) is 19.1. The van der Waals surface area contributed by atoms with Crippen LogP contribution < -0.4 is 20.9 Å². The highest BCUT2D eigenvalue weighted by Gasteiger charge is 2.23. The van der Waals surface area contributed by atoms with Gasteiger partial charge in [0, 0.05) is 29.2 Å². The minimum absolute atomic E-state index is 0.00454. The number of halogens is 1. The molecule has 0 saturated carbocycles. The molecule has 0 unspecified atom stereocenters. The highest BCUT2D eigenvalue weighted by molar-refractivity contribution is 6.05. The molecule has 0 aliphatic carbocycles. The van der Waals surface area contributed by atoms with Crippen LogP contribution in [0.3, 0.4) is 0 Å². The monoisotopic (exact) mass is 446 g/mol. The second kappa shape index (κ2) is 9.95. The highest BCUT2D eigenvalue weighted by Crippen LogP contribution is 2.33. The Kier molecular flexibility index (Phi) is 6.64. The summed E-state index contributed by atoms with van der Waals surface area (Å²) in [7, 11) is 0. The Morgan fingerprint density at radius 2 is 1.64 bits per heavy atom. The normalized spacial score (nSPS) is 12.5. The van der Waals surface area contributed by atoms with Gasteiger partial charge in [-0.2, -0.15) is 0 Å². The van der Waals surface area contributed by atoms with Gasteiger partial charge in [-0.05, 0) is 66.9 Å². The van der Waals surface area contributed by atoms with Crippen molar-refractivity contribution in [3.63, 3.8) is 0 Å². The van der Waals surface area contributed by atoms with Gasteiger partial charge in [0.15, 0.2) is 0 Å². The molecular formula is C25H23FN4O3. The zero-order valence-corrected chi connectivity index (χ0v) is 17.8. The summed E-state index contributed by atoms with van der Waals surface area (Å²) in [6.45, 7) is 0.653. The maximum Gasteiger partial charge on any atom is 0.325 e. The second-order valence-electron chi connectivity index (χ2n) is 7.66. The van der Waals surface area contributed by atoms with Crippen molar-refractivity contribution in [1.29, 1.82) is 0 Å². The topological polar surface area (TPSA) is 90.5 Å². The Morgan fingerprint density at radius 3 is 2.39 bits per heavy atom. The molecule has 7 nitrogen and oxygen atoms in total. The van der Waals surface area contributed by atoms with Crippen LogP contribution in [-0.4, -0.2) is 30.9 Å². The van der Waals surface area contributed by atoms with Crippen LogP contribution in [0.4, 0.5) is 26.2 Å². The van der Waals surface area contributed by atoms with E-state index in [4.69, 9.17) is 0 Å². The Bertz CT molecular complexity index is 1170. The molecule has 3 N–H and O–H groups in total. The largest absolute Gasteiger partial charge is 0.362 e. The number of fused-ring (bicyclic) bond motifs is 1. The molecule has 1 aliphatic heterocycles. The molecule has 8 heteroatoms. The number of imide groups is 1. The van der Waals surface area contributed by atoms with Crippen molar-refractivity contribution in [2.75, 3.05) is 28.6 Å². The van der Waals surface area contributed by atoms with Crippen LogP contribution in [0.5, 0.6) is 0 Å². The maximum absolute atomic E-state index is 13.1. The van der Waals surface area contributed by atoms with Gasteiger partial charge in [-0.1, -0.05) is 24.3 Å². The van der Waals surface area contributed by atoms with Gasteiger partial charge in [0.25, 0.3) is 5.91 Å². The average molecular weight is 446 g/mol. The van der Waals surface area contributed by atoms with Gasteiger partial charge in [0.05, 0.1) is 6.54 Å². The molecule has 0 aromatic heterocycles. The molecule has 0 spiro atoms. The van der Waals surface area contributed by atoms with Crippen molar-refractivity contribution in [3.8, 4) is 0 Å². The Balaban J connectivity index is 1.42. The molecule has 0 fully saturated rings. The van der Waals surface area contributed by atoms with E-state index in [-0.39, 0.29) is 12.5 Å². The molecular weight excluding hydrogens is 423 g/mol. The van der Waals surface area contributed by atoms with Crippen molar-refractivity contribution in [2.24, 2.45) is 0 Å². The molecule has 3 aromatic rings. The summed E-state index contributed by atoms with van der Waals surface area (Å²) in [6.07, 6.45) is 1.53. The number of hydrogen-bond donors (Lipinski definition) is 3. The van der Waals surface area contributed by atoms with Crippen LogP contribution in [0.15, 0.2) is 72.8 Å². The SMILES string of the molecule is O=C(CN1CCCc2c(NC(=O)c3ccc(F)cc3)cccc21)NC(=O)Nc1ccccc1. The van der Waals surface area contributed by atoms with E-state index in [0.717, 1.165) is 24.1 Å². The number of hydrogen-bond acceptors (Lipinski definition) is 4. The Labute approximate surface area is 190 Å². The third-order valence-electron chi connectivity index (χ3n) is 5.32. The van der Waals surface area contributed by atoms with E-state index in [9.17, 15) is 18.8 Å². The molecule has 0 bridgehead atoms. The van der Waals surface area contributed by atoms with Crippen LogP contribution in [0.1, 0.15) is 22.3 Å². The first-order valence-electron chi connectivity index (χ1n) is 10.6. The van der Waals surface area contributed by atoms with Crippen LogP contribution in [0.25, 0.3) is 0 Å². The summed E-state index contributed by atoms with van der Waals surface area (Å²) in [5.41, 5.74) is 3.34. The van der Waals surface area contributed by atoms with Crippen molar-refractivity contribution < 1.29 is 18.8 Å². The molecule has 0 radical (unpaired) electrons. The number of carbonyl (C=O) groups excluding carboxylic acids is 3. The minimum Gasteiger partial charge on any atom is -0.362 e. The van der Waals surface area contributed by atoms with Crippen molar-refractivity contribution in [1.82, 2.24) is 5.32 Å². The lowest BCUT2D eigenvalue weighted by molar-refractivity contribution is -0.118. The molecule has 4 amide bonds. The average Bonchev–Trinajstić information content (AvgIpc) is 2.80. The zero-order chi connectivity index (χ0) is 23.2. The number of benzene rings is 3. The smallest absolute Gasteiger partial charge is 0.325 e. The number of anilines is 3. The van der Waals surface area contributed by atoms with E-state index in [1.54, 1.807) is 36.4 Å². The molecule has 0 saturated heterocycles.